The Morgan fingerprint density at radius 3 is 2.77 bits per heavy atom. The Morgan fingerprint density at radius 1 is 1.23 bits per heavy atom. The number of aromatic nitrogens is 4. The summed E-state index contributed by atoms with van der Waals surface area (Å²) in [6.45, 7) is 3.94. The minimum absolute atomic E-state index is 0.0409. The van der Waals surface area contributed by atoms with Crippen molar-refractivity contribution in [2.24, 2.45) is 7.05 Å². The summed E-state index contributed by atoms with van der Waals surface area (Å²) in [6.07, 6.45) is 0.816. The van der Waals surface area contributed by atoms with Gasteiger partial charge in [-0.15, -0.1) is 10.2 Å². The van der Waals surface area contributed by atoms with Gasteiger partial charge in [0.05, 0.1) is 10.9 Å². The summed E-state index contributed by atoms with van der Waals surface area (Å²) in [4.78, 5) is 25.4. The van der Waals surface area contributed by atoms with Crippen LogP contribution in [0.15, 0.2) is 52.4 Å². The van der Waals surface area contributed by atoms with Crippen molar-refractivity contribution in [3.8, 4) is 0 Å². The number of hydrogen-bond acceptors (Lipinski definition) is 5. The van der Waals surface area contributed by atoms with Crippen molar-refractivity contribution < 1.29 is 9.18 Å². The van der Waals surface area contributed by atoms with E-state index < -0.39 is 0 Å². The number of carbonyl (C=O) groups is 1. The van der Waals surface area contributed by atoms with Crippen molar-refractivity contribution in [1.82, 2.24) is 24.5 Å². The first-order valence-electron chi connectivity index (χ1n) is 9.95. The Balaban J connectivity index is 1.81. The lowest BCUT2D eigenvalue weighted by molar-refractivity contribution is 0.0939. The van der Waals surface area contributed by atoms with Crippen molar-refractivity contribution in [2.45, 2.75) is 37.2 Å². The molecule has 1 amide bonds. The van der Waals surface area contributed by atoms with Gasteiger partial charge >= 0.3 is 0 Å². The molecule has 0 aliphatic rings. The summed E-state index contributed by atoms with van der Waals surface area (Å²) >= 11 is 1.38. The first kappa shape index (κ1) is 21.0. The summed E-state index contributed by atoms with van der Waals surface area (Å²) < 4.78 is 16.7. The third-order valence-electron chi connectivity index (χ3n) is 5.20. The van der Waals surface area contributed by atoms with Gasteiger partial charge in [0.1, 0.15) is 5.82 Å². The molecule has 1 N–H and O–H groups in total. The second kappa shape index (κ2) is 8.50. The van der Waals surface area contributed by atoms with E-state index in [1.165, 1.54) is 28.5 Å². The SMILES string of the molecule is CCC(C)NC(=O)c1ccc2c(=O)n(C)c3nnc(SCc4cccc(F)c4)n3c2c1. The lowest BCUT2D eigenvalue weighted by Crippen LogP contribution is -2.32. The van der Waals surface area contributed by atoms with E-state index in [1.807, 2.05) is 19.9 Å². The maximum absolute atomic E-state index is 13.5. The van der Waals surface area contributed by atoms with Gasteiger partial charge in [0.2, 0.25) is 5.78 Å². The topological polar surface area (TPSA) is 81.3 Å². The van der Waals surface area contributed by atoms with E-state index in [9.17, 15) is 14.0 Å². The summed E-state index contributed by atoms with van der Waals surface area (Å²) in [5.41, 5.74) is 1.61. The third kappa shape index (κ3) is 4.05. The molecule has 7 nitrogen and oxygen atoms in total. The molecule has 0 saturated heterocycles. The van der Waals surface area contributed by atoms with Gasteiger partial charge in [0.15, 0.2) is 5.16 Å². The van der Waals surface area contributed by atoms with Crippen molar-refractivity contribution in [2.75, 3.05) is 0 Å². The smallest absolute Gasteiger partial charge is 0.262 e. The van der Waals surface area contributed by atoms with Crippen LogP contribution < -0.4 is 10.9 Å². The summed E-state index contributed by atoms with van der Waals surface area (Å²) in [5.74, 6) is 0.358. The fraction of sp³-hybridized carbons (Fsp3) is 0.273. The van der Waals surface area contributed by atoms with Crippen molar-refractivity contribution in [1.29, 1.82) is 0 Å². The molecule has 2 aromatic heterocycles. The molecule has 0 aliphatic heterocycles. The Labute approximate surface area is 182 Å². The molecule has 0 saturated carbocycles. The van der Waals surface area contributed by atoms with Crippen LogP contribution >= 0.6 is 11.8 Å². The third-order valence-corrected chi connectivity index (χ3v) is 6.20. The highest BCUT2D eigenvalue weighted by Gasteiger charge is 2.17. The number of hydrogen-bond donors (Lipinski definition) is 1. The molecule has 0 radical (unpaired) electrons. The van der Waals surface area contributed by atoms with Crippen LogP contribution in [0.1, 0.15) is 36.2 Å². The molecule has 160 valence electrons. The van der Waals surface area contributed by atoms with E-state index in [1.54, 1.807) is 35.7 Å². The lowest BCUT2D eigenvalue weighted by atomic mass is 10.1. The van der Waals surface area contributed by atoms with E-state index in [2.05, 4.69) is 15.5 Å². The van der Waals surface area contributed by atoms with Gasteiger partial charge in [-0.1, -0.05) is 30.8 Å². The zero-order valence-electron chi connectivity index (χ0n) is 17.4. The number of halogens is 1. The highest BCUT2D eigenvalue weighted by atomic mass is 32.2. The molecule has 2 heterocycles. The molecule has 1 atom stereocenters. The van der Waals surface area contributed by atoms with E-state index >= 15 is 0 Å². The zero-order chi connectivity index (χ0) is 22.1. The summed E-state index contributed by atoms with van der Waals surface area (Å²) in [7, 11) is 1.64. The molecule has 2 aromatic carbocycles. The number of aryl methyl sites for hydroxylation is 1. The van der Waals surface area contributed by atoms with Gasteiger partial charge in [0, 0.05) is 24.4 Å². The highest BCUT2D eigenvalue weighted by Crippen LogP contribution is 2.25. The molecule has 1 unspecified atom stereocenters. The molecule has 0 spiro atoms. The van der Waals surface area contributed by atoms with Crippen molar-refractivity contribution in [3.05, 3.63) is 69.8 Å². The van der Waals surface area contributed by atoms with E-state index in [4.69, 9.17) is 0 Å². The quantitative estimate of drug-likeness (QED) is 0.465. The Hall–Kier alpha value is -3.20. The number of rotatable bonds is 6. The van der Waals surface area contributed by atoms with E-state index in [0.717, 1.165) is 12.0 Å². The largest absolute Gasteiger partial charge is 0.350 e. The fourth-order valence-electron chi connectivity index (χ4n) is 3.28. The molecule has 9 heteroatoms. The molecular formula is C22H22FN5O2S. The Kier molecular flexibility index (Phi) is 5.77. The standard InChI is InChI=1S/C22H22FN5O2S/c1-4-13(2)24-19(29)15-8-9-17-18(11-15)28-21(27(3)20(17)30)25-26-22(28)31-12-14-6-5-7-16(23)10-14/h5-11,13H,4,12H2,1-3H3,(H,24,29). The Bertz CT molecular complexity index is 1350. The summed E-state index contributed by atoms with van der Waals surface area (Å²) in [5, 5.41) is 12.4. The van der Waals surface area contributed by atoms with Gasteiger partial charge in [-0.25, -0.2) is 4.39 Å². The van der Waals surface area contributed by atoms with Crippen LogP contribution in [0.4, 0.5) is 4.39 Å². The number of nitrogens with zero attached hydrogens (tertiary/aromatic N) is 4. The van der Waals surface area contributed by atoms with Crippen LogP contribution in [0.3, 0.4) is 0 Å². The second-order valence-electron chi connectivity index (χ2n) is 7.42. The Morgan fingerprint density at radius 2 is 2.03 bits per heavy atom. The highest BCUT2D eigenvalue weighted by molar-refractivity contribution is 7.98. The number of amides is 1. The fourth-order valence-corrected chi connectivity index (χ4v) is 4.16. The minimum atomic E-state index is -0.297. The van der Waals surface area contributed by atoms with Crippen LogP contribution in [-0.2, 0) is 12.8 Å². The van der Waals surface area contributed by atoms with Crippen molar-refractivity contribution >= 4 is 34.3 Å². The zero-order valence-corrected chi connectivity index (χ0v) is 18.2. The maximum Gasteiger partial charge on any atom is 0.262 e. The van der Waals surface area contributed by atoms with Gasteiger partial charge in [-0.05, 0) is 49.2 Å². The first-order valence-corrected chi connectivity index (χ1v) is 10.9. The van der Waals surface area contributed by atoms with Crippen LogP contribution in [-0.4, -0.2) is 31.1 Å². The van der Waals surface area contributed by atoms with Crippen LogP contribution in [0.25, 0.3) is 16.7 Å². The predicted octanol–water partition coefficient (Wildman–Crippen LogP) is 3.54. The monoisotopic (exact) mass is 439 g/mol. The second-order valence-corrected chi connectivity index (χ2v) is 8.36. The molecule has 4 aromatic rings. The first-order chi connectivity index (χ1) is 14.9. The van der Waals surface area contributed by atoms with Gasteiger partial charge in [-0.3, -0.25) is 18.6 Å². The van der Waals surface area contributed by atoms with E-state index in [-0.39, 0.29) is 23.3 Å². The number of benzene rings is 2. The van der Waals surface area contributed by atoms with Gasteiger partial charge < -0.3 is 5.32 Å². The van der Waals surface area contributed by atoms with Crippen LogP contribution in [0.2, 0.25) is 0 Å². The molecule has 4 rings (SSSR count). The average molecular weight is 440 g/mol. The van der Waals surface area contributed by atoms with Crippen molar-refractivity contribution in [3.63, 3.8) is 0 Å². The normalized spacial score (nSPS) is 12.4. The van der Waals surface area contributed by atoms with Gasteiger partial charge in [-0.2, -0.15) is 0 Å². The van der Waals surface area contributed by atoms with Crippen LogP contribution in [0, 0.1) is 5.82 Å². The predicted molar refractivity (Wildman–Crippen MR) is 119 cm³/mol. The molecule has 0 fully saturated rings. The molecule has 31 heavy (non-hydrogen) atoms. The summed E-state index contributed by atoms with van der Waals surface area (Å²) in [6, 6.07) is 11.4. The van der Waals surface area contributed by atoms with Gasteiger partial charge in [0.25, 0.3) is 11.5 Å². The molecule has 0 aliphatic carbocycles. The van der Waals surface area contributed by atoms with E-state index in [0.29, 0.717) is 33.2 Å². The number of fused-ring (bicyclic) bond motifs is 3. The molecule has 0 bridgehead atoms. The number of carbonyl (C=O) groups excluding carboxylic acids is 1. The maximum atomic E-state index is 13.5. The molecular weight excluding hydrogens is 417 g/mol. The average Bonchev–Trinajstić information content (AvgIpc) is 3.20. The minimum Gasteiger partial charge on any atom is -0.350 e. The lowest BCUT2D eigenvalue weighted by Gasteiger charge is -2.13. The number of thioether (sulfide) groups is 1. The number of nitrogens with one attached hydrogen (secondary N) is 1. The van der Waals surface area contributed by atoms with Crippen LogP contribution in [0.5, 0.6) is 0 Å².